The van der Waals surface area contributed by atoms with Gasteiger partial charge in [-0.05, 0) is 42.7 Å². The van der Waals surface area contributed by atoms with Crippen LogP contribution in [0.1, 0.15) is 30.2 Å². The maximum atomic E-state index is 10.3. The van der Waals surface area contributed by atoms with Crippen LogP contribution in [0.3, 0.4) is 0 Å². The summed E-state index contributed by atoms with van der Waals surface area (Å²) in [6.45, 7) is 0. The number of halogens is 1. The number of hydrogen-bond acceptors (Lipinski definition) is 3. The smallest absolute Gasteiger partial charge is 0.123 e. The summed E-state index contributed by atoms with van der Waals surface area (Å²) in [5.74, 6) is 0.783. The lowest BCUT2D eigenvalue weighted by molar-refractivity contribution is 0.214. The van der Waals surface area contributed by atoms with Crippen LogP contribution in [-0.4, -0.2) is 16.2 Å². The van der Waals surface area contributed by atoms with Gasteiger partial charge in [0, 0.05) is 6.20 Å². The van der Waals surface area contributed by atoms with E-state index in [-0.39, 0.29) is 0 Å². The lowest BCUT2D eigenvalue weighted by Crippen LogP contribution is -2.04. The molecule has 1 atom stereocenters. The van der Waals surface area contributed by atoms with Crippen LogP contribution in [0.15, 0.2) is 42.6 Å². The number of benzene rings is 1. The van der Waals surface area contributed by atoms with Crippen LogP contribution in [-0.2, 0) is 0 Å². The average Bonchev–Trinajstić information content (AvgIpc) is 3.23. The molecule has 1 aliphatic rings. The molecular formula is C15H14ClNO2. The summed E-state index contributed by atoms with van der Waals surface area (Å²) < 4.78 is 5.72. The predicted octanol–water partition coefficient (Wildman–Crippen LogP) is 3.36. The van der Waals surface area contributed by atoms with Gasteiger partial charge in [0.05, 0.1) is 16.8 Å². The third-order valence-corrected chi connectivity index (χ3v) is 3.37. The maximum Gasteiger partial charge on any atom is 0.123 e. The molecule has 0 aliphatic heterocycles. The highest BCUT2D eigenvalue weighted by molar-refractivity contribution is 6.31. The largest absolute Gasteiger partial charge is 0.490 e. The first-order chi connectivity index (χ1) is 9.24. The molecule has 98 valence electrons. The number of ether oxygens (including phenoxy) is 1. The predicted molar refractivity (Wildman–Crippen MR) is 73.4 cm³/mol. The van der Waals surface area contributed by atoms with Gasteiger partial charge in [0.1, 0.15) is 11.9 Å². The fourth-order valence-electron chi connectivity index (χ4n) is 1.89. The van der Waals surface area contributed by atoms with Crippen LogP contribution in [0.25, 0.3) is 0 Å². The van der Waals surface area contributed by atoms with Gasteiger partial charge in [-0.3, -0.25) is 4.98 Å². The second-order valence-corrected chi connectivity index (χ2v) is 5.07. The highest BCUT2D eigenvalue weighted by Crippen LogP contribution is 2.31. The van der Waals surface area contributed by atoms with Crippen LogP contribution in [0.4, 0.5) is 0 Å². The molecule has 1 N–H and O–H groups in total. The third kappa shape index (κ3) is 2.88. The van der Waals surface area contributed by atoms with Gasteiger partial charge in [0.25, 0.3) is 0 Å². The molecule has 1 unspecified atom stereocenters. The molecule has 0 saturated heterocycles. The monoisotopic (exact) mass is 275 g/mol. The molecule has 3 nitrogen and oxygen atoms in total. The van der Waals surface area contributed by atoms with Gasteiger partial charge >= 0.3 is 0 Å². The number of aliphatic hydroxyl groups is 1. The van der Waals surface area contributed by atoms with Crippen molar-refractivity contribution in [2.45, 2.75) is 25.0 Å². The molecule has 0 bridgehead atoms. The molecule has 1 fully saturated rings. The molecule has 0 radical (unpaired) electrons. The van der Waals surface area contributed by atoms with Crippen LogP contribution in [0.2, 0.25) is 5.02 Å². The van der Waals surface area contributed by atoms with Gasteiger partial charge in [-0.15, -0.1) is 0 Å². The lowest BCUT2D eigenvalue weighted by Gasteiger charge is -2.13. The van der Waals surface area contributed by atoms with E-state index in [0.717, 1.165) is 24.2 Å². The van der Waals surface area contributed by atoms with Crippen molar-refractivity contribution in [1.82, 2.24) is 4.98 Å². The molecule has 4 heteroatoms. The Morgan fingerprint density at radius 1 is 1.26 bits per heavy atom. The zero-order valence-corrected chi connectivity index (χ0v) is 11.0. The van der Waals surface area contributed by atoms with E-state index in [1.807, 2.05) is 24.3 Å². The van der Waals surface area contributed by atoms with E-state index < -0.39 is 6.10 Å². The Labute approximate surface area is 116 Å². The van der Waals surface area contributed by atoms with Gasteiger partial charge in [-0.1, -0.05) is 23.7 Å². The van der Waals surface area contributed by atoms with Crippen molar-refractivity contribution in [2.24, 2.45) is 0 Å². The second-order valence-electron chi connectivity index (χ2n) is 4.66. The Balaban J connectivity index is 1.86. The van der Waals surface area contributed by atoms with E-state index in [1.165, 1.54) is 0 Å². The molecule has 3 rings (SSSR count). The van der Waals surface area contributed by atoms with E-state index in [1.54, 1.807) is 18.3 Å². The van der Waals surface area contributed by atoms with Crippen LogP contribution in [0, 0.1) is 0 Å². The van der Waals surface area contributed by atoms with Crippen molar-refractivity contribution in [3.63, 3.8) is 0 Å². The van der Waals surface area contributed by atoms with E-state index in [0.29, 0.717) is 16.8 Å². The van der Waals surface area contributed by atoms with Crippen molar-refractivity contribution >= 4 is 11.6 Å². The Kier molecular flexibility index (Phi) is 3.40. The summed E-state index contributed by atoms with van der Waals surface area (Å²) in [6, 6.07) is 10.9. The molecule has 1 aromatic heterocycles. The topological polar surface area (TPSA) is 42.4 Å². The molecule has 1 heterocycles. The minimum Gasteiger partial charge on any atom is -0.490 e. The van der Waals surface area contributed by atoms with Crippen molar-refractivity contribution in [3.8, 4) is 5.75 Å². The van der Waals surface area contributed by atoms with Crippen molar-refractivity contribution in [3.05, 3.63) is 58.9 Å². The molecule has 1 saturated carbocycles. The first kappa shape index (κ1) is 12.5. The van der Waals surface area contributed by atoms with Gasteiger partial charge in [0.2, 0.25) is 0 Å². The minimum absolute atomic E-state index is 0.339. The number of hydrogen-bond donors (Lipinski definition) is 1. The summed E-state index contributed by atoms with van der Waals surface area (Å²) in [5.41, 5.74) is 1.20. The van der Waals surface area contributed by atoms with E-state index in [2.05, 4.69) is 4.98 Å². The zero-order valence-electron chi connectivity index (χ0n) is 10.3. The highest BCUT2D eigenvalue weighted by Gasteiger charge is 2.24. The number of rotatable bonds is 4. The normalized spacial score (nSPS) is 16.1. The summed E-state index contributed by atoms with van der Waals surface area (Å²) in [5, 5.41) is 10.8. The Hall–Kier alpha value is -1.58. The van der Waals surface area contributed by atoms with E-state index in [4.69, 9.17) is 16.3 Å². The zero-order chi connectivity index (χ0) is 13.2. The van der Waals surface area contributed by atoms with Crippen LogP contribution < -0.4 is 4.74 Å². The minimum atomic E-state index is -0.837. The number of aliphatic hydroxyl groups excluding tert-OH is 1. The van der Waals surface area contributed by atoms with Crippen molar-refractivity contribution in [1.29, 1.82) is 0 Å². The number of aromatic nitrogens is 1. The fraction of sp³-hybridized carbons (Fsp3) is 0.267. The lowest BCUT2D eigenvalue weighted by atomic mass is 10.1. The van der Waals surface area contributed by atoms with Gasteiger partial charge in [0.15, 0.2) is 0 Å². The Morgan fingerprint density at radius 2 is 2.11 bits per heavy atom. The Bertz CT molecular complexity index is 584. The van der Waals surface area contributed by atoms with Gasteiger partial charge in [-0.25, -0.2) is 0 Å². The fourth-order valence-corrected chi connectivity index (χ4v) is 2.12. The second kappa shape index (κ2) is 5.19. The molecule has 0 amide bonds. The van der Waals surface area contributed by atoms with E-state index >= 15 is 0 Å². The standard InChI is InChI=1S/C15H14ClNO2/c16-13-5-2-8-17-14(13)15(18)10-3-1-4-12(9-10)19-11-6-7-11/h1-5,8-9,11,15,18H,6-7H2. The first-order valence-corrected chi connectivity index (χ1v) is 6.67. The first-order valence-electron chi connectivity index (χ1n) is 6.29. The van der Waals surface area contributed by atoms with Gasteiger partial charge < -0.3 is 9.84 Å². The molecule has 1 aromatic carbocycles. The Morgan fingerprint density at radius 3 is 2.84 bits per heavy atom. The molecular weight excluding hydrogens is 262 g/mol. The molecule has 19 heavy (non-hydrogen) atoms. The summed E-state index contributed by atoms with van der Waals surface area (Å²) in [4.78, 5) is 4.13. The van der Waals surface area contributed by atoms with Crippen molar-refractivity contribution < 1.29 is 9.84 Å². The molecule has 2 aromatic rings. The van der Waals surface area contributed by atoms with E-state index in [9.17, 15) is 5.11 Å². The van der Waals surface area contributed by atoms with Crippen molar-refractivity contribution in [2.75, 3.05) is 0 Å². The maximum absolute atomic E-state index is 10.3. The van der Waals surface area contributed by atoms with Crippen LogP contribution >= 0.6 is 11.6 Å². The van der Waals surface area contributed by atoms with Gasteiger partial charge in [-0.2, -0.15) is 0 Å². The number of nitrogens with zero attached hydrogens (tertiary/aromatic N) is 1. The van der Waals surface area contributed by atoms with Crippen LogP contribution in [0.5, 0.6) is 5.75 Å². The summed E-state index contributed by atoms with van der Waals surface area (Å²) in [6.07, 6.45) is 3.34. The number of pyridine rings is 1. The summed E-state index contributed by atoms with van der Waals surface area (Å²) >= 11 is 6.05. The molecule has 0 spiro atoms. The molecule has 1 aliphatic carbocycles. The third-order valence-electron chi connectivity index (χ3n) is 3.05. The highest BCUT2D eigenvalue weighted by atomic mass is 35.5. The SMILES string of the molecule is OC(c1cccc(OC2CC2)c1)c1ncccc1Cl. The summed E-state index contributed by atoms with van der Waals surface area (Å²) in [7, 11) is 0. The average molecular weight is 276 g/mol. The quantitative estimate of drug-likeness (QED) is 0.930.